The van der Waals surface area contributed by atoms with Gasteiger partial charge in [0.25, 0.3) is 0 Å². The Morgan fingerprint density at radius 3 is 1.20 bits per heavy atom. The molecule has 0 saturated heterocycles. The van der Waals surface area contributed by atoms with Crippen molar-refractivity contribution in [2.24, 2.45) is 0 Å². The van der Waals surface area contributed by atoms with Gasteiger partial charge in [-0.15, -0.1) is 0 Å². The number of carbonyl (C=O) groups is 2. The number of aliphatic carboxylic acids is 2. The Kier molecular flexibility index (Phi) is 30.2. The molecule has 15 heavy (non-hydrogen) atoms. The number of carboxylic acids is 2. The van der Waals surface area contributed by atoms with Gasteiger partial charge in [0.05, 0.1) is 13.2 Å². The molecule has 0 heterocycles. The molecule has 0 aromatic heterocycles. The van der Waals surface area contributed by atoms with Gasteiger partial charge in [0, 0.05) is 11.9 Å². The number of carboxylic acid groups (broad SMARTS) is 2. The summed E-state index contributed by atoms with van der Waals surface area (Å²) < 4.78 is 0. The Balaban J connectivity index is -0.0000000606. The Labute approximate surface area is 97.8 Å². The fourth-order valence-electron chi connectivity index (χ4n) is 0.0577. The summed E-state index contributed by atoms with van der Waals surface area (Å²) in [6.07, 6.45) is -0.954. The van der Waals surface area contributed by atoms with Crippen molar-refractivity contribution < 1.29 is 52.2 Å². The van der Waals surface area contributed by atoms with Gasteiger partial charge in [0.2, 0.25) is 0 Å². The van der Waals surface area contributed by atoms with Gasteiger partial charge >= 0.3 is 17.1 Å². The SMILES string of the molecule is CC(=O)[O-].CC(=O)[O-].OCC(O)CO.[Cu+2]. The van der Waals surface area contributed by atoms with Gasteiger partial charge in [0.1, 0.15) is 6.10 Å². The Hall–Kier alpha value is -0.661. The minimum absolute atomic E-state index is 0. The van der Waals surface area contributed by atoms with Crippen LogP contribution in [0.2, 0.25) is 0 Å². The summed E-state index contributed by atoms with van der Waals surface area (Å²) in [7, 11) is 0. The molecule has 0 atom stereocenters. The first-order valence-electron chi connectivity index (χ1n) is 3.52. The molecule has 0 saturated carbocycles. The average molecular weight is 274 g/mol. The van der Waals surface area contributed by atoms with Crippen LogP contribution < -0.4 is 10.2 Å². The fraction of sp³-hybridized carbons (Fsp3) is 0.714. The van der Waals surface area contributed by atoms with Crippen LogP contribution in [-0.2, 0) is 26.7 Å². The third kappa shape index (κ3) is 154. The van der Waals surface area contributed by atoms with E-state index in [2.05, 4.69) is 0 Å². The third-order valence-corrected chi connectivity index (χ3v) is 0.421. The van der Waals surface area contributed by atoms with E-state index < -0.39 is 18.0 Å². The van der Waals surface area contributed by atoms with Crippen LogP contribution in [0.25, 0.3) is 0 Å². The molecule has 3 N–H and O–H groups in total. The zero-order valence-corrected chi connectivity index (χ0v) is 9.21. The molecule has 0 unspecified atom stereocenters. The summed E-state index contributed by atoms with van der Waals surface area (Å²) in [4.78, 5) is 17.8. The first-order valence-corrected chi connectivity index (χ1v) is 3.52. The van der Waals surface area contributed by atoms with Gasteiger partial charge in [-0.2, -0.15) is 0 Å². The number of aliphatic hydroxyl groups is 3. The molecule has 0 aliphatic rings. The number of hydrogen-bond acceptors (Lipinski definition) is 7. The summed E-state index contributed by atoms with van der Waals surface area (Å²) >= 11 is 0. The summed E-state index contributed by atoms with van der Waals surface area (Å²) in [6.45, 7) is 1.22. The van der Waals surface area contributed by atoms with Crippen LogP contribution in [0.3, 0.4) is 0 Å². The molecule has 0 aliphatic carbocycles. The van der Waals surface area contributed by atoms with Crippen LogP contribution in [0.4, 0.5) is 0 Å². The predicted octanol–water partition coefficient (Wildman–Crippen LogP) is -4.16. The van der Waals surface area contributed by atoms with Crippen LogP contribution in [-0.4, -0.2) is 46.6 Å². The Morgan fingerprint density at radius 2 is 1.20 bits per heavy atom. The van der Waals surface area contributed by atoms with Crippen LogP contribution in [0.5, 0.6) is 0 Å². The summed E-state index contributed by atoms with van der Waals surface area (Å²) in [5, 5.41) is 41.8. The van der Waals surface area contributed by atoms with Crippen molar-refractivity contribution >= 4 is 11.9 Å². The first-order chi connectivity index (χ1) is 6.27. The molecule has 1 radical (unpaired) electrons. The van der Waals surface area contributed by atoms with Crippen molar-refractivity contribution in [3.63, 3.8) is 0 Å². The van der Waals surface area contributed by atoms with E-state index in [1.54, 1.807) is 0 Å². The quantitative estimate of drug-likeness (QED) is 0.434. The maximum Gasteiger partial charge on any atom is 2.00 e. The van der Waals surface area contributed by atoms with E-state index in [0.29, 0.717) is 0 Å². The predicted molar refractivity (Wildman–Crippen MR) is 41.5 cm³/mol. The fourth-order valence-corrected chi connectivity index (χ4v) is 0.0577. The minimum Gasteiger partial charge on any atom is -0.550 e. The third-order valence-electron chi connectivity index (χ3n) is 0.421. The van der Waals surface area contributed by atoms with Crippen molar-refractivity contribution in [3.05, 3.63) is 0 Å². The molecule has 0 rings (SSSR count). The summed E-state index contributed by atoms with van der Waals surface area (Å²) in [6, 6.07) is 0. The van der Waals surface area contributed by atoms with Crippen molar-refractivity contribution in [1.82, 2.24) is 0 Å². The second-order valence-electron chi connectivity index (χ2n) is 2.00. The van der Waals surface area contributed by atoms with E-state index in [0.717, 1.165) is 13.8 Å². The van der Waals surface area contributed by atoms with Gasteiger partial charge in [-0.05, 0) is 13.8 Å². The second kappa shape index (κ2) is 19.0. The molecule has 0 fully saturated rings. The van der Waals surface area contributed by atoms with E-state index in [4.69, 9.17) is 35.1 Å². The molecule has 0 aliphatic heterocycles. The molecule has 7 nitrogen and oxygen atoms in total. The van der Waals surface area contributed by atoms with Crippen LogP contribution in [0.1, 0.15) is 13.8 Å². The van der Waals surface area contributed by atoms with Gasteiger partial charge < -0.3 is 35.1 Å². The number of rotatable bonds is 2. The van der Waals surface area contributed by atoms with Crippen LogP contribution in [0.15, 0.2) is 0 Å². The normalized spacial score (nSPS) is 7.33. The largest absolute Gasteiger partial charge is 2.00 e. The second-order valence-corrected chi connectivity index (χ2v) is 2.00. The molecule has 0 bridgehead atoms. The minimum atomic E-state index is -1.08. The molecular weight excluding hydrogens is 260 g/mol. The molecule has 0 aromatic rings. The van der Waals surface area contributed by atoms with Crippen LogP contribution >= 0.6 is 0 Å². The topological polar surface area (TPSA) is 141 Å². The van der Waals surface area contributed by atoms with Crippen LogP contribution in [0, 0.1) is 0 Å². The molecule has 95 valence electrons. The van der Waals surface area contributed by atoms with Crippen molar-refractivity contribution in [1.29, 1.82) is 0 Å². The van der Waals surface area contributed by atoms with Gasteiger partial charge in [-0.1, -0.05) is 0 Å². The van der Waals surface area contributed by atoms with Crippen molar-refractivity contribution in [3.8, 4) is 0 Å². The maximum atomic E-state index is 8.89. The van der Waals surface area contributed by atoms with E-state index in [1.165, 1.54) is 0 Å². The van der Waals surface area contributed by atoms with E-state index in [9.17, 15) is 0 Å². The number of aliphatic hydroxyl groups excluding tert-OH is 3. The van der Waals surface area contributed by atoms with Gasteiger partial charge in [-0.3, -0.25) is 0 Å². The molecular formula is C7H14CuO7. The average Bonchev–Trinajstić information content (AvgIpc) is 2.01. The summed E-state index contributed by atoms with van der Waals surface area (Å²) in [5.74, 6) is -2.17. The molecule has 8 heteroatoms. The Bertz CT molecular complexity index is 126. The molecule has 0 spiro atoms. The monoisotopic (exact) mass is 273 g/mol. The van der Waals surface area contributed by atoms with Gasteiger partial charge in [0.15, 0.2) is 0 Å². The van der Waals surface area contributed by atoms with E-state index in [-0.39, 0.29) is 30.3 Å². The maximum absolute atomic E-state index is 8.89. The van der Waals surface area contributed by atoms with Crippen molar-refractivity contribution in [2.75, 3.05) is 13.2 Å². The standard InChI is InChI=1S/C3H8O3.2C2H4O2.Cu/c4-1-3(6)2-5;2*1-2(3)4;/h3-6H,1-2H2;2*1H3,(H,3,4);/q;;;+2/p-2. The van der Waals surface area contributed by atoms with E-state index in [1.807, 2.05) is 0 Å². The molecule has 0 amide bonds. The van der Waals surface area contributed by atoms with Crippen molar-refractivity contribution in [2.45, 2.75) is 20.0 Å². The Morgan fingerprint density at radius 1 is 1.07 bits per heavy atom. The summed E-state index contributed by atoms with van der Waals surface area (Å²) in [5.41, 5.74) is 0. The van der Waals surface area contributed by atoms with Gasteiger partial charge in [-0.25, -0.2) is 0 Å². The zero-order chi connectivity index (χ0) is 12.1. The zero-order valence-electron chi connectivity index (χ0n) is 8.27. The smallest absolute Gasteiger partial charge is 0.550 e. The first kappa shape index (κ1) is 23.9. The number of carbonyl (C=O) groups excluding carboxylic acids is 2. The van der Waals surface area contributed by atoms with E-state index >= 15 is 0 Å². The number of hydrogen-bond donors (Lipinski definition) is 3. The molecule has 0 aromatic carbocycles.